The summed E-state index contributed by atoms with van der Waals surface area (Å²) < 4.78 is 38.1. The van der Waals surface area contributed by atoms with Gasteiger partial charge in [-0.05, 0) is 61.1 Å². The molecule has 0 spiro atoms. The van der Waals surface area contributed by atoms with Crippen LogP contribution in [0.3, 0.4) is 0 Å². The number of para-hydroxylation sites is 1. The van der Waals surface area contributed by atoms with Crippen LogP contribution in [0.5, 0.6) is 11.5 Å². The van der Waals surface area contributed by atoms with Crippen molar-refractivity contribution in [1.82, 2.24) is 4.31 Å². The second-order valence-corrected chi connectivity index (χ2v) is 8.50. The van der Waals surface area contributed by atoms with Gasteiger partial charge in [-0.15, -0.1) is 0 Å². The highest BCUT2D eigenvalue weighted by Gasteiger charge is 2.30. The van der Waals surface area contributed by atoms with E-state index >= 15 is 0 Å². The van der Waals surface area contributed by atoms with Crippen molar-refractivity contribution in [2.24, 2.45) is 5.92 Å². The van der Waals surface area contributed by atoms with Crippen LogP contribution >= 0.6 is 0 Å². The van der Waals surface area contributed by atoms with Gasteiger partial charge in [0.2, 0.25) is 10.0 Å². The number of ether oxygens (including phenoxy) is 2. The normalized spacial score (nSPS) is 18.5. The van der Waals surface area contributed by atoms with Gasteiger partial charge in [0.25, 0.3) is 0 Å². The Morgan fingerprint density at radius 3 is 2.46 bits per heavy atom. The Bertz CT molecular complexity index is 833. The van der Waals surface area contributed by atoms with Crippen molar-refractivity contribution in [1.29, 1.82) is 0 Å². The van der Waals surface area contributed by atoms with Gasteiger partial charge in [-0.1, -0.05) is 18.2 Å². The molecule has 3 rings (SSSR count). The number of sulfonamides is 1. The van der Waals surface area contributed by atoms with E-state index in [2.05, 4.69) is 6.07 Å². The molecule has 0 radical (unpaired) electrons. The summed E-state index contributed by atoms with van der Waals surface area (Å²) in [4.78, 5) is 0.316. The minimum absolute atomic E-state index is 0.285. The summed E-state index contributed by atoms with van der Waals surface area (Å²) in [6.45, 7) is 1.10. The third-order valence-corrected chi connectivity index (χ3v) is 6.76. The Labute approximate surface area is 155 Å². The average molecular weight is 375 g/mol. The lowest BCUT2D eigenvalue weighted by atomic mass is 9.92. The first-order chi connectivity index (χ1) is 12.5. The van der Waals surface area contributed by atoms with Gasteiger partial charge in [0, 0.05) is 13.1 Å². The van der Waals surface area contributed by atoms with Crippen molar-refractivity contribution in [2.75, 3.05) is 27.3 Å². The molecule has 26 heavy (non-hydrogen) atoms. The maximum atomic E-state index is 13.0. The van der Waals surface area contributed by atoms with E-state index in [1.165, 1.54) is 0 Å². The molecule has 0 saturated carbocycles. The Kier molecular flexibility index (Phi) is 5.84. The molecule has 1 atom stereocenters. The first-order valence-corrected chi connectivity index (χ1v) is 10.2. The second kappa shape index (κ2) is 8.10. The summed E-state index contributed by atoms with van der Waals surface area (Å²) in [6.07, 6.45) is 2.71. The summed E-state index contributed by atoms with van der Waals surface area (Å²) in [6, 6.07) is 14.5. The molecule has 5 nitrogen and oxygen atoms in total. The van der Waals surface area contributed by atoms with Crippen molar-refractivity contribution in [3.8, 4) is 11.5 Å². The van der Waals surface area contributed by atoms with Crippen molar-refractivity contribution < 1.29 is 17.9 Å². The standard InChI is InChI=1S/C20H25NO4S/c1-24-18-9-11-19(12-10-18)26(22,23)21-13-5-6-16(15-21)14-17-7-3-4-8-20(17)25-2/h3-4,7-12,16H,5-6,13-15H2,1-2H3. The number of hydrogen-bond acceptors (Lipinski definition) is 4. The van der Waals surface area contributed by atoms with Gasteiger partial charge in [0.1, 0.15) is 11.5 Å². The van der Waals surface area contributed by atoms with E-state index in [9.17, 15) is 8.42 Å². The van der Waals surface area contributed by atoms with E-state index in [0.717, 1.165) is 30.6 Å². The van der Waals surface area contributed by atoms with E-state index in [1.807, 2.05) is 18.2 Å². The molecule has 0 N–H and O–H groups in total. The highest BCUT2D eigenvalue weighted by atomic mass is 32.2. The molecule has 140 valence electrons. The zero-order valence-electron chi connectivity index (χ0n) is 15.2. The molecule has 1 aliphatic rings. The minimum atomic E-state index is -3.48. The molecule has 2 aromatic rings. The van der Waals surface area contributed by atoms with Crippen LogP contribution in [0.1, 0.15) is 18.4 Å². The molecule has 1 fully saturated rings. The molecule has 0 amide bonds. The SMILES string of the molecule is COc1ccc(S(=O)(=O)N2CCCC(Cc3ccccc3OC)C2)cc1. The van der Waals surface area contributed by atoms with Gasteiger partial charge in [-0.2, -0.15) is 4.31 Å². The maximum Gasteiger partial charge on any atom is 0.243 e. The number of methoxy groups -OCH3 is 2. The average Bonchev–Trinajstić information content (AvgIpc) is 2.68. The first kappa shape index (κ1) is 18.7. The van der Waals surface area contributed by atoms with Gasteiger partial charge in [-0.3, -0.25) is 0 Å². The molecule has 1 saturated heterocycles. The van der Waals surface area contributed by atoms with Crippen LogP contribution in [-0.2, 0) is 16.4 Å². The molecule has 0 bridgehead atoms. The highest BCUT2D eigenvalue weighted by molar-refractivity contribution is 7.89. The van der Waals surface area contributed by atoms with E-state index in [0.29, 0.717) is 23.7 Å². The molecule has 1 unspecified atom stereocenters. The molecule has 1 aliphatic heterocycles. The lowest BCUT2D eigenvalue weighted by Gasteiger charge is -2.32. The van der Waals surface area contributed by atoms with Crippen molar-refractivity contribution in [3.05, 3.63) is 54.1 Å². The number of benzene rings is 2. The maximum absolute atomic E-state index is 13.0. The number of piperidine rings is 1. The van der Waals surface area contributed by atoms with Gasteiger partial charge in [0.15, 0.2) is 0 Å². The third kappa shape index (κ3) is 4.02. The Morgan fingerprint density at radius 2 is 1.77 bits per heavy atom. The largest absolute Gasteiger partial charge is 0.497 e. The predicted octanol–water partition coefficient (Wildman–Crippen LogP) is 3.35. The zero-order chi connectivity index (χ0) is 18.6. The monoisotopic (exact) mass is 375 g/mol. The number of nitrogens with zero attached hydrogens (tertiary/aromatic N) is 1. The lowest BCUT2D eigenvalue weighted by Crippen LogP contribution is -2.40. The second-order valence-electron chi connectivity index (χ2n) is 6.56. The number of rotatable bonds is 6. The summed E-state index contributed by atoms with van der Waals surface area (Å²) >= 11 is 0. The fraction of sp³-hybridized carbons (Fsp3) is 0.400. The Balaban J connectivity index is 1.74. The van der Waals surface area contributed by atoms with Crippen LogP contribution < -0.4 is 9.47 Å². The summed E-state index contributed by atoms with van der Waals surface area (Å²) in [7, 11) is -0.248. The molecule has 6 heteroatoms. The van der Waals surface area contributed by atoms with Crippen molar-refractivity contribution in [3.63, 3.8) is 0 Å². The smallest absolute Gasteiger partial charge is 0.243 e. The van der Waals surface area contributed by atoms with Gasteiger partial charge >= 0.3 is 0 Å². The molecular formula is C20H25NO4S. The van der Waals surface area contributed by atoms with E-state index < -0.39 is 10.0 Å². The van der Waals surface area contributed by atoms with Crippen LogP contribution in [0.2, 0.25) is 0 Å². The quantitative estimate of drug-likeness (QED) is 0.777. The van der Waals surface area contributed by atoms with E-state index in [4.69, 9.17) is 9.47 Å². The molecule has 0 aromatic heterocycles. The predicted molar refractivity (Wildman–Crippen MR) is 101 cm³/mol. The zero-order valence-corrected chi connectivity index (χ0v) is 16.0. The number of hydrogen-bond donors (Lipinski definition) is 0. The fourth-order valence-electron chi connectivity index (χ4n) is 3.49. The Hall–Kier alpha value is -2.05. The summed E-state index contributed by atoms with van der Waals surface area (Å²) in [5, 5.41) is 0. The van der Waals surface area contributed by atoms with E-state index in [1.54, 1.807) is 42.8 Å². The van der Waals surface area contributed by atoms with Crippen LogP contribution in [0, 0.1) is 5.92 Å². The van der Waals surface area contributed by atoms with Gasteiger partial charge < -0.3 is 9.47 Å². The molecule has 0 aliphatic carbocycles. The van der Waals surface area contributed by atoms with Crippen molar-refractivity contribution >= 4 is 10.0 Å². The van der Waals surface area contributed by atoms with Gasteiger partial charge in [0.05, 0.1) is 19.1 Å². The molecule has 1 heterocycles. The van der Waals surface area contributed by atoms with Crippen molar-refractivity contribution in [2.45, 2.75) is 24.2 Å². The molecule has 2 aromatic carbocycles. The lowest BCUT2D eigenvalue weighted by molar-refractivity contribution is 0.263. The first-order valence-electron chi connectivity index (χ1n) is 8.80. The minimum Gasteiger partial charge on any atom is -0.497 e. The van der Waals surface area contributed by atoms with Crippen LogP contribution in [0.15, 0.2) is 53.4 Å². The Morgan fingerprint density at radius 1 is 1.04 bits per heavy atom. The highest BCUT2D eigenvalue weighted by Crippen LogP contribution is 2.29. The topological polar surface area (TPSA) is 55.8 Å². The third-order valence-electron chi connectivity index (χ3n) is 4.88. The molecular weight excluding hydrogens is 350 g/mol. The fourth-order valence-corrected chi connectivity index (χ4v) is 5.05. The summed E-state index contributed by atoms with van der Waals surface area (Å²) in [5.74, 6) is 1.80. The van der Waals surface area contributed by atoms with Crippen LogP contribution in [0.4, 0.5) is 0 Å². The van der Waals surface area contributed by atoms with Crippen LogP contribution in [-0.4, -0.2) is 40.0 Å². The van der Waals surface area contributed by atoms with Gasteiger partial charge in [-0.25, -0.2) is 8.42 Å². The van der Waals surface area contributed by atoms with Crippen LogP contribution in [0.25, 0.3) is 0 Å². The van der Waals surface area contributed by atoms with E-state index in [-0.39, 0.29) is 5.92 Å². The summed E-state index contributed by atoms with van der Waals surface area (Å²) in [5.41, 5.74) is 1.13.